The lowest BCUT2D eigenvalue weighted by molar-refractivity contribution is 0.632. The third kappa shape index (κ3) is 5.73. The normalized spacial score (nSPS) is 10.1. The van der Waals surface area contributed by atoms with Crippen molar-refractivity contribution >= 4 is 34.8 Å². The number of halogens is 1. The topological polar surface area (TPSA) is 24.1 Å². The van der Waals surface area contributed by atoms with Crippen molar-refractivity contribution < 1.29 is 4.39 Å². The third-order valence-corrected chi connectivity index (χ3v) is 4.04. The Morgan fingerprint density at radius 3 is 2.52 bits per heavy atom. The Morgan fingerprint density at radius 1 is 1.05 bits per heavy atom. The van der Waals surface area contributed by atoms with E-state index in [-0.39, 0.29) is 5.82 Å². The van der Waals surface area contributed by atoms with Gasteiger partial charge in [-0.15, -0.1) is 0 Å². The van der Waals surface area contributed by atoms with Crippen molar-refractivity contribution in [3.8, 4) is 0 Å². The van der Waals surface area contributed by atoms with Gasteiger partial charge < -0.3 is 10.6 Å². The molecule has 0 aliphatic heterocycles. The fraction of sp³-hybridized carbons (Fsp3) is 0.188. The zero-order valence-electron chi connectivity index (χ0n) is 11.5. The highest BCUT2D eigenvalue weighted by molar-refractivity contribution is 7.98. The van der Waals surface area contributed by atoms with E-state index in [1.54, 1.807) is 18.2 Å². The predicted molar refractivity (Wildman–Crippen MR) is 93.2 cm³/mol. The molecule has 2 rings (SSSR count). The zero-order valence-corrected chi connectivity index (χ0v) is 13.1. The van der Waals surface area contributed by atoms with Crippen LogP contribution in [0.2, 0.25) is 0 Å². The molecule has 0 aromatic heterocycles. The molecule has 21 heavy (non-hydrogen) atoms. The lowest BCUT2D eigenvalue weighted by Gasteiger charge is -2.10. The number of benzene rings is 2. The number of thiocarbonyl (C=S) groups is 1. The van der Waals surface area contributed by atoms with Crippen LogP contribution in [0.3, 0.4) is 0 Å². The molecule has 2 aromatic rings. The largest absolute Gasteiger partial charge is 0.362 e. The van der Waals surface area contributed by atoms with Gasteiger partial charge in [0.1, 0.15) is 5.82 Å². The second-order valence-corrected chi connectivity index (χ2v) is 5.91. The van der Waals surface area contributed by atoms with Crippen molar-refractivity contribution in [1.82, 2.24) is 5.32 Å². The smallest absolute Gasteiger partial charge is 0.170 e. The van der Waals surface area contributed by atoms with Crippen LogP contribution >= 0.6 is 24.0 Å². The van der Waals surface area contributed by atoms with Crippen LogP contribution in [-0.4, -0.2) is 17.4 Å². The summed E-state index contributed by atoms with van der Waals surface area (Å²) in [5, 5.41) is 6.38. The molecule has 2 aromatic carbocycles. The Balaban J connectivity index is 1.63. The molecule has 2 N–H and O–H groups in total. The lowest BCUT2D eigenvalue weighted by atomic mass is 10.2. The molecule has 0 aliphatic rings. The summed E-state index contributed by atoms with van der Waals surface area (Å²) in [6.07, 6.45) is 0. The average molecular weight is 320 g/mol. The maximum Gasteiger partial charge on any atom is 0.170 e. The summed E-state index contributed by atoms with van der Waals surface area (Å²) in [5.74, 6) is 1.62. The van der Waals surface area contributed by atoms with Gasteiger partial charge in [-0.3, -0.25) is 0 Å². The van der Waals surface area contributed by atoms with Crippen molar-refractivity contribution in [2.75, 3.05) is 17.6 Å². The minimum absolute atomic E-state index is 0.305. The van der Waals surface area contributed by atoms with E-state index in [0.29, 0.717) is 10.8 Å². The van der Waals surface area contributed by atoms with Gasteiger partial charge in [-0.2, -0.15) is 11.8 Å². The minimum atomic E-state index is -0.305. The molecule has 0 heterocycles. The maximum absolute atomic E-state index is 13.4. The predicted octanol–water partition coefficient (Wildman–Crippen LogP) is 4.05. The van der Waals surface area contributed by atoms with Crippen LogP contribution in [0.4, 0.5) is 10.1 Å². The van der Waals surface area contributed by atoms with E-state index in [2.05, 4.69) is 22.8 Å². The van der Waals surface area contributed by atoms with Gasteiger partial charge in [-0.05, 0) is 29.9 Å². The summed E-state index contributed by atoms with van der Waals surface area (Å²) in [7, 11) is 0. The molecular formula is C16H17FN2S2. The molecule has 0 amide bonds. The summed E-state index contributed by atoms with van der Waals surface area (Å²) >= 11 is 6.97. The molecule has 110 valence electrons. The molecule has 2 nitrogen and oxygen atoms in total. The molecule has 0 fully saturated rings. The van der Waals surface area contributed by atoms with E-state index in [9.17, 15) is 4.39 Å². The van der Waals surface area contributed by atoms with E-state index in [1.807, 2.05) is 30.0 Å². The first-order chi connectivity index (χ1) is 10.3. The van der Waals surface area contributed by atoms with Crippen LogP contribution in [0, 0.1) is 5.82 Å². The van der Waals surface area contributed by atoms with Crippen LogP contribution in [0.5, 0.6) is 0 Å². The molecule has 0 unspecified atom stereocenters. The third-order valence-electron chi connectivity index (χ3n) is 2.77. The molecule has 0 spiro atoms. The van der Waals surface area contributed by atoms with Crippen LogP contribution in [-0.2, 0) is 5.75 Å². The van der Waals surface area contributed by atoms with Crippen LogP contribution in [0.15, 0.2) is 54.6 Å². The summed E-state index contributed by atoms with van der Waals surface area (Å²) in [6, 6.07) is 16.8. The van der Waals surface area contributed by atoms with Crippen molar-refractivity contribution in [3.63, 3.8) is 0 Å². The Kier molecular flexibility index (Phi) is 6.50. The van der Waals surface area contributed by atoms with E-state index in [1.165, 1.54) is 11.6 Å². The molecular weight excluding hydrogens is 303 g/mol. The van der Waals surface area contributed by atoms with Gasteiger partial charge >= 0.3 is 0 Å². The highest BCUT2D eigenvalue weighted by atomic mass is 32.2. The zero-order chi connectivity index (χ0) is 14.9. The van der Waals surface area contributed by atoms with Crippen molar-refractivity contribution in [2.45, 2.75) is 5.75 Å². The first-order valence-electron chi connectivity index (χ1n) is 6.67. The monoisotopic (exact) mass is 320 g/mol. The van der Waals surface area contributed by atoms with Gasteiger partial charge in [0.25, 0.3) is 0 Å². The Hall–Kier alpha value is -1.59. The highest BCUT2D eigenvalue weighted by Crippen LogP contribution is 2.12. The second kappa shape index (κ2) is 8.64. The van der Waals surface area contributed by atoms with Gasteiger partial charge in [0.15, 0.2) is 5.11 Å². The number of nitrogens with one attached hydrogen (secondary N) is 2. The molecule has 0 saturated heterocycles. The standard InChI is InChI=1S/C16H17FN2S2/c17-14-8-4-5-9-15(14)19-16(20)18-10-11-21-12-13-6-2-1-3-7-13/h1-9H,10-12H2,(H2,18,19,20). The van der Waals surface area contributed by atoms with Crippen molar-refractivity contribution in [3.05, 3.63) is 66.0 Å². The van der Waals surface area contributed by atoms with Gasteiger partial charge in [0.2, 0.25) is 0 Å². The lowest BCUT2D eigenvalue weighted by Crippen LogP contribution is -2.30. The van der Waals surface area contributed by atoms with Crippen LogP contribution in [0.25, 0.3) is 0 Å². The summed E-state index contributed by atoms with van der Waals surface area (Å²) < 4.78 is 13.4. The molecule has 5 heteroatoms. The van der Waals surface area contributed by atoms with Gasteiger partial charge in [-0.25, -0.2) is 4.39 Å². The molecule has 0 radical (unpaired) electrons. The first-order valence-corrected chi connectivity index (χ1v) is 8.23. The van der Waals surface area contributed by atoms with Gasteiger partial charge in [-0.1, -0.05) is 42.5 Å². The first kappa shape index (κ1) is 15.8. The second-order valence-electron chi connectivity index (χ2n) is 4.40. The van der Waals surface area contributed by atoms with E-state index < -0.39 is 0 Å². The number of thioether (sulfide) groups is 1. The highest BCUT2D eigenvalue weighted by Gasteiger charge is 2.02. The summed E-state index contributed by atoms with van der Waals surface area (Å²) in [4.78, 5) is 0. The van der Waals surface area contributed by atoms with Crippen molar-refractivity contribution in [1.29, 1.82) is 0 Å². The fourth-order valence-electron chi connectivity index (χ4n) is 1.73. The number of hydrogen-bond donors (Lipinski definition) is 2. The quantitative estimate of drug-likeness (QED) is 0.619. The summed E-state index contributed by atoms with van der Waals surface area (Å²) in [6.45, 7) is 0.748. The molecule has 0 bridgehead atoms. The van der Waals surface area contributed by atoms with E-state index in [0.717, 1.165) is 18.1 Å². The number of rotatable bonds is 6. The van der Waals surface area contributed by atoms with Crippen molar-refractivity contribution in [2.24, 2.45) is 0 Å². The number of para-hydroxylation sites is 1. The van der Waals surface area contributed by atoms with Gasteiger partial charge in [0.05, 0.1) is 5.69 Å². The molecule has 0 atom stereocenters. The minimum Gasteiger partial charge on any atom is -0.362 e. The van der Waals surface area contributed by atoms with Gasteiger partial charge in [0, 0.05) is 18.1 Å². The Morgan fingerprint density at radius 2 is 1.76 bits per heavy atom. The fourth-order valence-corrected chi connectivity index (χ4v) is 2.76. The average Bonchev–Trinajstić information content (AvgIpc) is 2.50. The number of anilines is 1. The van der Waals surface area contributed by atoms with Crippen LogP contribution < -0.4 is 10.6 Å². The van der Waals surface area contributed by atoms with Crippen LogP contribution in [0.1, 0.15) is 5.56 Å². The molecule has 0 saturated carbocycles. The SMILES string of the molecule is Fc1ccccc1NC(=S)NCCSCc1ccccc1. The Bertz CT molecular complexity index is 575. The number of hydrogen-bond acceptors (Lipinski definition) is 2. The van der Waals surface area contributed by atoms with E-state index >= 15 is 0 Å². The van der Waals surface area contributed by atoms with E-state index in [4.69, 9.17) is 12.2 Å². The Labute approximate surface area is 134 Å². The molecule has 0 aliphatic carbocycles. The maximum atomic E-state index is 13.4. The summed E-state index contributed by atoms with van der Waals surface area (Å²) in [5.41, 5.74) is 1.71.